The van der Waals surface area contributed by atoms with Crippen LogP contribution in [0.4, 0.5) is 4.79 Å². The predicted octanol–water partition coefficient (Wildman–Crippen LogP) is 4.46. The molecular weight excluding hydrogens is 316 g/mol. The Balaban J connectivity index is 2.21. The molecule has 1 atom stereocenters. The van der Waals surface area contributed by atoms with E-state index in [1.165, 1.54) is 0 Å². The first-order valence-electron chi connectivity index (χ1n) is 8.70. The second-order valence-electron chi connectivity index (χ2n) is 7.41. The second kappa shape index (κ2) is 5.99. The van der Waals surface area contributed by atoms with Gasteiger partial charge >= 0.3 is 6.09 Å². The summed E-state index contributed by atoms with van der Waals surface area (Å²) in [6, 6.07) is 9.96. The van der Waals surface area contributed by atoms with Crippen LogP contribution in [0, 0.1) is 0 Å². The van der Waals surface area contributed by atoms with Crippen LogP contribution in [0.2, 0.25) is 0 Å². The third-order valence-electron chi connectivity index (χ3n) is 4.69. The lowest BCUT2D eigenvalue weighted by Crippen LogP contribution is -2.44. The summed E-state index contributed by atoms with van der Waals surface area (Å²) in [5, 5.41) is 0. The Morgan fingerprint density at radius 2 is 1.84 bits per heavy atom. The Morgan fingerprint density at radius 1 is 1.20 bits per heavy atom. The Kier molecular flexibility index (Phi) is 4.23. The normalized spacial score (nSPS) is 24.0. The Labute approximate surface area is 149 Å². The molecule has 1 unspecified atom stereocenters. The molecule has 0 N–H and O–H groups in total. The number of benzene rings is 1. The number of carbonyl (C=O) groups excluding carboxylic acids is 1. The summed E-state index contributed by atoms with van der Waals surface area (Å²) >= 11 is 0. The van der Waals surface area contributed by atoms with Gasteiger partial charge in [0.15, 0.2) is 0 Å². The molecule has 0 aliphatic carbocycles. The van der Waals surface area contributed by atoms with Crippen LogP contribution in [-0.4, -0.2) is 34.6 Å². The molecule has 134 valence electrons. The average Bonchev–Trinajstić information content (AvgIpc) is 2.72. The number of amidine groups is 1. The highest BCUT2D eigenvalue weighted by Crippen LogP contribution is 2.52. The van der Waals surface area contributed by atoms with Crippen molar-refractivity contribution in [2.24, 2.45) is 4.99 Å². The monoisotopic (exact) mass is 342 g/mol. The summed E-state index contributed by atoms with van der Waals surface area (Å²) in [4.78, 5) is 19.0. The van der Waals surface area contributed by atoms with Crippen molar-refractivity contribution >= 4 is 11.9 Å². The van der Waals surface area contributed by atoms with Gasteiger partial charge in [0.1, 0.15) is 17.5 Å². The maximum Gasteiger partial charge on any atom is 0.419 e. The third kappa shape index (κ3) is 2.86. The zero-order chi connectivity index (χ0) is 18.4. The number of amides is 1. The van der Waals surface area contributed by atoms with Crippen molar-refractivity contribution in [1.29, 1.82) is 0 Å². The van der Waals surface area contributed by atoms with Crippen molar-refractivity contribution in [1.82, 2.24) is 4.90 Å². The Bertz CT molecular complexity index is 747. The lowest BCUT2D eigenvalue weighted by Gasteiger charge is -2.35. The number of ether oxygens (including phenoxy) is 2. The second-order valence-corrected chi connectivity index (χ2v) is 7.41. The summed E-state index contributed by atoms with van der Waals surface area (Å²) in [5.41, 5.74) is 1.80. The standard InChI is InChI=1S/C20H26N2O3/c1-7-24-18(23)22-13(2)21-16(14-11-9-8-10-12-14)15-17(22)20(5,6)25-19(15,3)4/h8-12,16H,7H2,1-6H3. The molecule has 0 radical (unpaired) electrons. The summed E-state index contributed by atoms with van der Waals surface area (Å²) in [6.45, 7) is 12.0. The van der Waals surface area contributed by atoms with Gasteiger partial charge < -0.3 is 9.47 Å². The van der Waals surface area contributed by atoms with Crippen molar-refractivity contribution in [2.75, 3.05) is 6.61 Å². The van der Waals surface area contributed by atoms with E-state index in [4.69, 9.17) is 14.5 Å². The van der Waals surface area contributed by atoms with Crippen molar-refractivity contribution in [3.63, 3.8) is 0 Å². The third-order valence-corrected chi connectivity index (χ3v) is 4.69. The van der Waals surface area contributed by atoms with Gasteiger partial charge in [-0.1, -0.05) is 30.3 Å². The van der Waals surface area contributed by atoms with Gasteiger partial charge in [0.2, 0.25) is 0 Å². The SMILES string of the molecule is CCOC(=O)N1C(C)=NC(c2ccccc2)C2=C1C(C)(C)OC2(C)C. The van der Waals surface area contributed by atoms with Gasteiger partial charge in [-0.05, 0) is 47.1 Å². The molecule has 3 rings (SSSR count). The first kappa shape index (κ1) is 17.7. The maximum atomic E-state index is 12.6. The molecule has 0 spiro atoms. The molecule has 0 saturated carbocycles. The van der Waals surface area contributed by atoms with E-state index in [0.717, 1.165) is 16.8 Å². The molecule has 0 aromatic heterocycles. The maximum absolute atomic E-state index is 12.6. The Hall–Kier alpha value is -2.14. The van der Waals surface area contributed by atoms with Gasteiger partial charge in [-0.3, -0.25) is 4.99 Å². The fraction of sp³-hybridized carbons (Fsp3) is 0.500. The quantitative estimate of drug-likeness (QED) is 0.797. The van der Waals surface area contributed by atoms with Crippen LogP contribution < -0.4 is 0 Å². The van der Waals surface area contributed by atoms with Crippen molar-refractivity contribution in [2.45, 2.75) is 58.8 Å². The molecule has 1 aromatic carbocycles. The smallest absolute Gasteiger partial charge is 0.419 e. The molecule has 1 amide bonds. The molecule has 2 heterocycles. The molecule has 2 aliphatic rings. The van der Waals surface area contributed by atoms with E-state index in [1.54, 1.807) is 11.8 Å². The molecule has 2 aliphatic heterocycles. The summed E-state index contributed by atoms with van der Waals surface area (Å²) in [6.07, 6.45) is -0.405. The number of hydrogen-bond donors (Lipinski definition) is 0. The van der Waals surface area contributed by atoms with E-state index >= 15 is 0 Å². The minimum atomic E-state index is -0.615. The van der Waals surface area contributed by atoms with Crippen LogP contribution >= 0.6 is 0 Å². The summed E-state index contributed by atoms with van der Waals surface area (Å²) in [7, 11) is 0. The molecule has 0 bridgehead atoms. The lowest BCUT2D eigenvalue weighted by molar-refractivity contribution is -0.0622. The number of nitrogens with zero attached hydrogens (tertiary/aromatic N) is 2. The highest BCUT2D eigenvalue weighted by Gasteiger charge is 2.53. The number of hydrogen-bond acceptors (Lipinski definition) is 4. The molecule has 0 fully saturated rings. The van der Waals surface area contributed by atoms with Gasteiger partial charge in [-0.2, -0.15) is 0 Å². The summed E-state index contributed by atoms with van der Waals surface area (Å²) < 4.78 is 11.6. The van der Waals surface area contributed by atoms with E-state index in [-0.39, 0.29) is 6.04 Å². The molecule has 5 nitrogen and oxygen atoms in total. The molecule has 1 aromatic rings. The van der Waals surface area contributed by atoms with E-state index < -0.39 is 17.3 Å². The van der Waals surface area contributed by atoms with Crippen molar-refractivity contribution in [3.8, 4) is 0 Å². The minimum Gasteiger partial charge on any atom is -0.449 e. The van der Waals surface area contributed by atoms with Crippen LogP contribution in [0.3, 0.4) is 0 Å². The van der Waals surface area contributed by atoms with E-state index in [0.29, 0.717) is 12.4 Å². The fourth-order valence-corrected chi connectivity index (χ4v) is 3.96. The zero-order valence-corrected chi connectivity index (χ0v) is 15.8. The molecular formula is C20H26N2O3. The molecule has 25 heavy (non-hydrogen) atoms. The lowest BCUT2D eigenvalue weighted by atomic mass is 9.84. The fourth-order valence-electron chi connectivity index (χ4n) is 3.96. The predicted molar refractivity (Wildman–Crippen MR) is 97.4 cm³/mol. The number of aliphatic imine (C=N–C) groups is 1. The van der Waals surface area contributed by atoms with Crippen molar-refractivity contribution < 1.29 is 14.3 Å². The minimum absolute atomic E-state index is 0.168. The van der Waals surface area contributed by atoms with E-state index in [2.05, 4.69) is 12.1 Å². The topological polar surface area (TPSA) is 51.1 Å². The van der Waals surface area contributed by atoms with Gasteiger partial charge in [-0.25, -0.2) is 9.69 Å². The van der Waals surface area contributed by atoms with Crippen LogP contribution in [0.15, 0.2) is 46.6 Å². The van der Waals surface area contributed by atoms with Gasteiger partial charge in [0.05, 0.1) is 17.9 Å². The molecule has 0 saturated heterocycles. The number of carbonyl (C=O) groups is 1. The van der Waals surface area contributed by atoms with Crippen molar-refractivity contribution in [3.05, 3.63) is 47.2 Å². The first-order valence-corrected chi connectivity index (χ1v) is 8.70. The van der Waals surface area contributed by atoms with Gasteiger partial charge in [0.25, 0.3) is 0 Å². The Morgan fingerprint density at radius 3 is 2.44 bits per heavy atom. The van der Waals surface area contributed by atoms with E-state index in [9.17, 15) is 4.79 Å². The van der Waals surface area contributed by atoms with Crippen LogP contribution in [0.5, 0.6) is 0 Å². The largest absolute Gasteiger partial charge is 0.449 e. The zero-order valence-electron chi connectivity index (χ0n) is 15.8. The summed E-state index contributed by atoms with van der Waals surface area (Å²) in [5.74, 6) is 0.625. The highest BCUT2D eigenvalue weighted by molar-refractivity contribution is 5.98. The molecule has 5 heteroatoms. The number of rotatable bonds is 2. The highest BCUT2D eigenvalue weighted by atomic mass is 16.6. The van der Waals surface area contributed by atoms with Crippen LogP contribution in [0.25, 0.3) is 0 Å². The van der Waals surface area contributed by atoms with E-state index in [1.807, 2.05) is 52.8 Å². The van der Waals surface area contributed by atoms with Gasteiger partial charge in [-0.15, -0.1) is 0 Å². The van der Waals surface area contributed by atoms with Crippen LogP contribution in [0.1, 0.15) is 53.1 Å². The van der Waals surface area contributed by atoms with Crippen LogP contribution in [-0.2, 0) is 9.47 Å². The van der Waals surface area contributed by atoms with Gasteiger partial charge in [0, 0.05) is 5.57 Å². The average molecular weight is 342 g/mol. The first-order chi connectivity index (χ1) is 11.7.